The summed E-state index contributed by atoms with van der Waals surface area (Å²) in [7, 11) is -3.02. The molecular formula is C24H36N2O3S. The number of rotatable bonds is 8. The Morgan fingerprint density at radius 1 is 1.00 bits per heavy atom. The summed E-state index contributed by atoms with van der Waals surface area (Å²) in [6.45, 7) is 3.53. The van der Waals surface area contributed by atoms with E-state index in [2.05, 4.69) is 36.1 Å². The van der Waals surface area contributed by atoms with Crippen molar-refractivity contribution in [3.8, 4) is 0 Å². The lowest BCUT2D eigenvalue weighted by atomic mass is 9.92. The number of hydrogen-bond donors (Lipinski definition) is 0. The third-order valence-corrected chi connectivity index (χ3v) is 8.97. The number of carbonyl (C=O) groups is 1. The fraction of sp³-hybridized carbons (Fsp3) is 0.708. The SMILES string of the molecule is CC(c1ccccc1)N(CC(=O)N(C1CCCCC1)C1CCS(=O)(=O)C1)CC1CC1. The van der Waals surface area contributed by atoms with Crippen LogP contribution in [-0.4, -0.2) is 60.8 Å². The first-order valence-corrected chi connectivity index (χ1v) is 13.6. The Balaban J connectivity index is 1.52. The summed E-state index contributed by atoms with van der Waals surface area (Å²) in [6, 6.07) is 10.7. The van der Waals surface area contributed by atoms with E-state index in [1.807, 2.05) is 11.0 Å². The van der Waals surface area contributed by atoms with Gasteiger partial charge in [-0.25, -0.2) is 8.42 Å². The molecule has 0 N–H and O–H groups in total. The summed E-state index contributed by atoms with van der Waals surface area (Å²) in [5, 5.41) is 0. The number of nitrogens with zero attached hydrogens (tertiary/aromatic N) is 2. The van der Waals surface area contributed by atoms with Gasteiger partial charge in [-0.15, -0.1) is 0 Å². The largest absolute Gasteiger partial charge is 0.335 e. The van der Waals surface area contributed by atoms with Gasteiger partial charge in [0.05, 0.1) is 18.1 Å². The first kappa shape index (κ1) is 21.8. The van der Waals surface area contributed by atoms with Crippen molar-refractivity contribution in [3.63, 3.8) is 0 Å². The van der Waals surface area contributed by atoms with Crippen LogP contribution in [-0.2, 0) is 14.6 Å². The summed E-state index contributed by atoms with van der Waals surface area (Å²) < 4.78 is 24.3. The number of benzene rings is 1. The molecule has 0 radical (unpaired) electrons. The Bertz CT molecular complexity index is 816. The van der Waals surface area contributed by atoms with E-state index < -0.39 is 9.84 Å². The standard InChI is InChI=1S/C24H36N2O3S/c1-19(21-8-4-2-5-9-21)25(16-20-12-13-20)17-24(27)26(22-10-6-3-7-11-22)23-14-15-30(28,29)18-23/h2,4-5,8-9,19-20,22-23H,3,6-7,10-18H2,1H3. The van der Waals surface area contributed by atoms with Crippen molar-refractivity contribution >= 4 is 15.7 Å². The summed E-state index contributed by atoms with van der Waals surface area (Å²) in [6.07, 6.45) is 8.62. The summed E-state index contributed by atoms with van der Waals surface area (Å²) in [4.78, 5) is 18.0. The van der Waals surface area contributed by atoms with E-state index in [-0.39, 0.29) is 35.5 Å². The van der Waals surface area contributed by atoms with Crippen LogP contribution in [0.2, 0.25) is 0 Å². The van der Waals surface area contributed by atoms with Crippen molar-refractivity contribution in [2.24, 2.45) is 5.92 Å². The second-order valence-electron chi connectivity index (χ2n) is 9.61. The maximum absolute atomic E-state index is 13.7. The van der Waals surface area contributed by atoms with E-state index in [9.17, 15) is 13.2 Å². The second kappa shape index (κ2) is 9.39. The van der Waals surface area contributed by atoms with Crippen LogP contribution < -0.4 is 0 Å². The van der Waals surface area contributed by atoms with Gasteiger partial charge in [0.15, 0.2) is 9.84 Å². The quantitative estimate of drug-likeness (QED) is 0.627. The van der Waals surface area contributed by atoms with Gasteiger partial charge in [-0.3, -0.25) is 9.69 Å². The molecule has 1 aliphatic heterocycles. The minimum Gasteiger partial charge on any atom is -0.335 e. The number of carbonyl (C=O) groups excluding carboxylic acids is 1. The van der Waals surface area contributed by atoms with Gasteiger partial charge in [-0.2, -0.15) is 0 Å². The average Bonchev–Trinajstić information content (AvgIpc) is 3.49. The van der Waals surface area contributed by atoms with Crippen LogP contribution in [0.3, 0.4) is 0 Å². The monoisotopic (exact) mass is 432 g/mol. The van der Waals surface area contributed by atoms with E-state index in [4.69, 9.17) is 0 Å². The molecule has 1 heterocycles. The summed E-state index contributed by atoms with van der Waals surface area (Å²) in [5.74, 6) is 1.19. The van der Waals surface area contributed by atoms with Crippen molar-refractivity contribution in [1.82, 2.24) is 9.80 Å². The predicted molar refractivity (Wildman–Crippen MR) is 120 cm³/mol. The van der Waals surface area contributed by atoms with Gasteiger partial charge in [-0.05, 0) is 50.5 Å². The Kier molecular flexibility index (Phi) is 6.83. The molecule has 4 rings (SSSR count). The minimum absolute atomic E-state index is 0.132. The van der Waals surface area contributed by atoms with Crippen molar-refractivity contribution in [1.29, 1.82) is 0 Å². The Hall–Kier alpha value is -1.40. The fourth-order valence-corrected chi connectivity index (χ4v) is 6.96. The molecule has 166 valence electrons. The highest BCUT2D eigenvalue weighted by molar-refractivity contribution is 7.91. The molecule has 0 spiro atoms. The molecule has 2 unspecified atom stereocenters. The third kappa shape index (κ3) is 5.44. The second-order valence-corrected chi connectivity index (χ2v) is 11.8. The smallest absolute Gasteiger partial charge is 0.237 e. The molecule has 6 heteroatoms. The van der Waals surface area contributed by atoms with Crippen molar-refractivity contribution in [3.05, 3.63) is 35.9 Å². The molecule has 3 fully saturated rings. The molecule has 3 aliphatic rings. The number of hydrogen-bond acceptors (Lipinski definition) is 4. The molecule has 30 heavy (non-hydrogen) atoms. The normalized spacial score (nSPS) is 25.3. The number of sulfone groups is 1. The highest BCUT2D eigenvalue weighted by Crippen LogP contribution is 2.34. The van der Waals surface area contributed by atoms with Gasteiger partial charge in [0.25, 0.3) is 0 Å². The lowest BCUT2D eigenvalue weighted by molar-refractivity contribution is -0.138. The Morgan fingerprint density at radius 2 is 1.70 bits per heavy atom. The lowest BCUT2D eigenvalue weighted by Gasteiger charge is -2.40. The van der Waals surface area contributed by atoms with Crippen LogP contribution in [0.1, 0.15) is 69.9 Å². The van der Waals surface area contributed by atoms with Gasteiger partial charge >= 0.3 is 0 Å². The molecule has 0 aromatic heterocycles. The molecule has 1 aromatic carbocycles. The van der Waals surface area contributed by atoms with E-state index in [0.29, 0.717) is 18.9 Å². The van der Waals surface area contributed by atoms with E-state index in [1.54, 1.807) is 0 Å². The van der Waals surface area contributed by atoms with Crippen LogP contribution in [0, 0.1) is 5.92 Å². The van der Waals surface area contributed by atoms with Crippen molar-refractivity contribution < 1.29 is 13.2 Å². The Morgan fingerprint density at radius 3 is 2.30 bits per heavy atom. The average molecular weight is 433 g/mol. The zero-order chi connectivity index (χ0) is 21.1. The molecule has 2 atom stereocenters. The topological polar surface area (TPSA) is 57.7 Å². The predicted octanol–water partition coefficient (Wildman–Crippen LogP) is 3.81. The molecule has 5 nitrogen and oxygen atoms in total. The zero-order valence-corrected chi connectivity index (χ0v) is 19.0. The van der Waals surface area contributed by atoms with Gasteiger partial charge in [-0.1, -0.05) is 49.6 Å². The van der Waals surface area contributed by atoms with E-state index in [0.717, 1.165) is 32.2 Å². The number of amides is 1. The van der Waals surface area contributed by atoms with Crippen molar-refractivity contribution in [2.45, 2.75) is 76.4 Å². The molecule has 1 amide bonds. The zero-order valence-electron chi connectivity index (χ0n) is 18.2. The van der Waals surface area contributed by atoms with Gasteiger partial charge in [0.1, 0.15) is 0 Å². The molecule has 0 bridgehead atoms. The molecule has 2 aliphatic carbocycles. The Labute approximate surface area is 181 Å². The minimum atomic E-state index is -3.02. The van der Waals surface area contributed by atoms with Crippen LogP contribution >= 0.6 is 0 Å². The van der Waals surface area contributed by atoms with Crippen molar-refractivity contribution in [2.75, 3.05) is 24.6 Å². The van der Waals surface area contributed by atoms with Crippen LogP contribution in [0.15, 0.2) is 30.3 Å². The molecule has 2 saturated carbocycles. The van der Waals surface area contributed by atoms with Gasteiger partial charge in [0.2, 0.25) is 5.91 Å². The first-order chi connectivity index (χ1) is 14.4. The molecule has 1 aromatic rings. The highest BCUT2D eigenvalue weighted by Gasteiger charge is 2.39. The van der Waals surface area contributed by atoms with E-state index in [1.165, 1.54) is 24.8 Å². The van der Waals surface area contributed by atoms with Crippen LogP contribution in [0.25, 0.3) is 0 Å². The third-order valence-electron chi connectivity index (χ3n) is 7.22. The summed E-state index contributed by atoms with van der Waals surface area (Å²) >= 11 is 0. The summed E-state index contributed by atoms with van der Waals surface area (Å²) in [5.41, 5.74) is 1.23. The molecular weight excluding hydrogens is 396 g/mol. The van der Waals surface area contributed by atoms with E-state index >= 15 is 0 Å². The fourth-order valence-electron chi connectivity index (χ4n) is 5.25. The van der Waals surface area contributed by atoms with Crippen LogP contribution in [0.4, 0.5) is 0 Å². The maximum Gasteiger partial charge on any atom is 0.237 e. The highest BCUT2D eigenvalue weighted by atomic mass is 32.2. The first-order valence-electron chi connectivity index (χ1n) is 11.7. The van der Waals surface area contributed by atoms with Gasteiger partial charge in [0, 0.05) is 24.7 Å². The molecule has 1 saturated heterocycles. The van der Waals surface area contributed by atoms with Crippen LogP contribution in [0.5, 0.6) is 0 Å². The lowest BCUT2D eigenvalue weighted by Crippen LogP contribution is -2.52. The maximum atomic E-state index is 13.7. The van der Waals surface area contributed by atoms with Gasteiger partial charge < -0.3 is 4.90 Å².